The van der Waals surface area contributed by atoms with Crippen LogP contribution in [0, 0.1) is 11.3 Å². The Labute approximate surface area is 191 Å². The molecule has 0 aromatic heterocycles. The highest BCUT2D eigenvalue weighted by molar-refractivity contribution is 6.30. The molecule has 0 bridgehead atoms. The highest BCUT2D eigenvalue weighted by Gasteiger charge is 2.42. The van der Waals surface area contributed by atoms with Gasteiger partial charge in [0, 0.05) is 23.5 Å². The van der Waals surface area contributed by atoms with Gasteiger partial charge in [0.2, 0.25) is 0 Å². The summed E-state index contributed by atoms with van der Waals surface area (Å²) < 4.78 is 6.42. The van der Waals surface area contributed by atoms with Crippen molar-refractivity contribution in [1.82, 2.24) is 4.90 Å². The average Bonchev–Trinajstić information content (AvgIpc) is 2.79. The van der Waals surface area contributed by atoms with Crippen molar-refractivity contribution < 1.29 is 9.53 Å². The van der Waals surface area contributed by atoms with Crippen LogP contribution in [0.5, 0.6) is 0 Å². The largest absolute Gasteiger partial charge is 0.358 e. The van der Waals surface area contributed by atoms with Gasteiger partial charge in [0.15, 0.2) is 0 Å². The van der Waals surface area contributed by atoms with E-state index in [-0.39, 0.29) is 18.1 Å². The van der Waals surface area contributed by atoms with Crippen LogP contribution in [0.15, 0.2) is 72.8 Å². The van der Waals surface area contributed by atoms with E-state index < -0.39 is 6.10 Å². The minimum Gasteiger partial charge on any atom is -0.358 e. The lowest BCUT2D eigenvalue weighted by Crippen LogP contribution is -2.49. The SMILES string of the molecule is CN1C(=O)[C@@H](Cc2ccc(C#N)cc2)O[C@H](c2ccc(Cl)cc2)[C@@H]1c1ccc(Cl)cc1. The Morgan fingerprint density at radius 2 is 1.45 bits per heavy atom. The monoisotopic (exact) mass is 450 g/mol. The minimum absolute atomic E-state index is 0.0884. The van der Waals surface area contributed by atoms with Crippen LogP contribution >= 0.6 is 23.2 Å². The number of amides is 1. The lowest BCUT2D eigenvalue weighted by molar-refractivity contribution is -0.171. The van der Waals surface area contributed by atoms with Crippen molar-refractivity contribution in [3.63, 3.8) is 0 Å². The van der Waals surface area contributed by atoms with Gasteiger partial charge in [-0.25, -0.2) is 0 Å². The lowest BCUT2D eigenvalue weighted by atomic mass is 9.91. The van der Waals surface area contributed by atoms with E-state index in [2.05, 4.69) is 6.07 Å². The van der Waals surface area contributed by atoms with E-state index in [9.17, 15) is 4.79 Å². The summed E-state index contributed by atoms with van der Waals surface area (Å²) in [5, 5.41) is 10.3. The lowest BCUT2D eigenvalue weighted by Gasteiger charge is -2.43. The van der Waals surface area contributed by atoms with Crippen LogP contribution in [0.1, 0.15) is 34.4 Å². The Kier molecular flexibility index (Phi) is 6.29. The highest BCUT2D eigenvalue weighted by atomic mass is 35.5. The molecule has 1 saturated heterocycles. The summed E-state index contributed by atoms with van der Waals surface area (Å²) in [5.74, 6) is -0.0884. The number of halogens is 2. The normalized spacial score (nSPS) is 21.0. The molecule has 156 valence electrons. The van der Waals surface area contributed by atoms with Gasteiger partial charge >= 0.3 is 0 Å². The maximum atomic E-state index is 13.2. The minimum atomic E-state index is -0.637. The van der Waals surface area contributed by atoms with Crippen molar-refractivity contribution in [1.29, 1.82) is 5.26 Å². The smallest absolute Gasteiger partial charge is 0.252 e. The molecule has 0 N–H and O–H groups in total. The van der Waals surface area contributed by atoms with Crippen LogP contribution in [-0.2, 0) is 16.0 Å². The average molecular weight is 451 g/mol. The number of carbonyl (C=O) groups is 1. The first-order valence-electron chi connectivity index (χ1n) is 9.88. The molecule has 0 spiro atoms. The number of likely N-dealkylation sites (N-methyl/N-ethyl adjacent to an activating group) is 1. The molecular weight excluding hydrogens is 431 g/mol. The third kappa shape index (κ3) is 4.60. The second-order valence-corrected chi connectivity index (χ2v) is 8.43. The molecule has 3 aromatic rings. The number of carbonyl (C=O) groups excluding carboxylic acids is 1. The molecule has 1 amide bonds. The quantitative estimate of drug-likeness (QED) is 0.508. The summed E-state index contributed by atoms with van der Waals surface area (Å²) in [6, 6.07) is 24.0. The molecule has 1 aliphatic rings. The summed E-state index contributed by atoms with van der Waals surface area (Å²) in [6.07, 6.45) is -0.585. The fraction of sp³-hybridized carbons (Fsp3) is 0.200. The number of nitriles is 1. The number of hydrogen-bond donors (Lipinski definition) is 0. The number of rotatable bonds is 4. The van der Waals surface area contributed by atoms with Gasteiger partial charge in [-0.2, -0.15) is 5.26 Å². The van der Waals surface area contributed by atoms with E-state index in [1.807, 2.05) is 60.7 Å². The number of morpholine rings is 1. The van der Waals surface area contributed by atoms with Gasteiger partial charge in [0.1, 0.15) is 12.2 Å². The summed E-state index contributed by atoms with van der Waals surface area (Å²) >= 11 is 12.2. The summed E-state index contributed by atoms with van der Waals surface area (Å²) in [5.41, 5.74) is 3.40. The summed E-state index contributed by atoms with van der Waals surface area (Å²) in [4.78, 5) is 15.0. The molecule has 1 fully saturated rings. The zero-order chi connectivity index (χ0) is 22.0. The van der Waals surface area contributed by atoms with E-state index in [0.29, 0.717) is 22.0 Å². The third-order valence-corrected chi connectivity index (χ3v) is 6.06. The molecule has 4 nitrogen and oxygen atoms in total. The Hall–Kier alpha value is -2.84. The number of ether oxygens (including phenoxy) is 1. The molecule has 3 aromatic carbocycles. The van der Waals surface area contributed by atoms with Gasteiger partial charge in [0.25, 0.3) is 5.91 Å². The highest BCUT2D eigenvalue weighted by Crippen LogP contribution is 2.42. The van der Waals surface area contributed by atoms with Crippen molar-refractivity contribution in [3.05, 3.63) is 105 Å². The van der Waals surface area contributed by atoms with Crippen LogP contribution in [0.4, 0.5) is 0 Å². The molecule has 6 heteroatoms. The number of nitrogens with zero attached hydrogens (tertiary/aromatic N) is 2. The fourth-order valence-electron chi connectivity index (χ4n) is 3.91. The molecular formula is C25H20Cl2N2O2. The van der Waals surface area contributed by atoms with Crippen LogP contribution in [0.3, 0.4) is 0 Å². The molecule has 1 heterocycles. The topological polar surface area (TPSA) is 53.3 Å². The van der Waals surface area contributed by atoms with Gasteiger partial charge < -0.3 is 9.64 Å². The second kappa shape index (κ2) is 9.11. The van der Waals surface area contributed by atoms with Gasteiger partial charge in [0.05, 0.1) is 17.7 Å². The van der Waals surface area contributed by atoms with E-state index in [0.717, 1.165) is 16.7 Å². The zero-order valence-electron chi connectivity index (χ0n) is 16.8. The molecule has 4 rings (SSSR count). The molecule has 31 heavy (non-hydrogen) atoms. The van der Waals surface area contributed by atoms with Crippen LogP contribution in [0.2, 0.25) is 10.0 Å². The summed E-state index contributed by atoms with van der Waals surface area (Å²) in [7, 11) is 1.80. The number of hydrogen-bond acceptors (Lipinski definition) is 3. The Morgan fingerprint density at radius 1 is 0.903 bits per heavy atom. The molecule has 3 atom stereocenters. The van der Waals surface area contributed by atoms with Crippen molar-refractivity contribution in [2.45, 2.75) is 24.7 Å². The van der Waals surface area contributed by atoms with E-state index >= 15 is 0 Å². The standard InChI is InChI=1S/C25H20Cl2N2O2/c1-29-23(18-6-10-20(26)11-7-18)24(19-8-12-21(27)13-9-19)31-22(25(29)30)14-16-2-4-17(15-28)5-3-16/h2-13,22-24H,14H2,1H3/t22-,23+,24-/m1/s1. The third-order valence-electron chi connectivity index (χ3n) is 5.55. The zero-order valence-corrected chi connectivity index (χ0v) is 18.3. The van der Waals surface area contributed by atoms with Crippen molar-refractivity contribution in [3.8, 4) is 6.07 Å². The summed E-state index contributed by atoms with van der Waals surface area (Å²) in [6.45, 7) is 0. The number of benzene rings is 3. The second-order valence-electron chi connectivity index (χ2n) is 7.56. The van der Waals surface area contributed by atoms with Crippen molar-refractivity contribution in [2.75, 3.05) is 7.05 Å². The predicted molar refractivity (Wildman–Crippen MR) is 121 cm³/mol. The van der Waals surface area contributed by atoms with Gasteiger partial charge in [-0.1, -0.05) is 59.6 Å². The van der Waals surface area contributed by atoms with E-state index in [4.69, 9.17) is 33.2 Å². The van der Waals surface area contributed by atoms with Crippen LogP contribution < -0.4 is 0 Å². The van der Waals surface area contributed by atoms with Crippen LogP contribution in [-0.4, -0.2) is 24.0 Å². The predicted octanol–water partition coefficient (Wildman–Crippen LogP) is 5.75. The molecule has 0 unspecified atom stereocenters. The van der Waals surface area contributed by atoms with E-state index in [1.165, 1.54) is 0 Å². The molecule has 0 radical (unpaired) electrons. The molecule has 1 aliphatic heterocycles. The Bertz CT molecular complexity index is 1110. The van der Waals surface area contributed by atoms with Crippen molar-refractivity contribution >= 4 is 29.1 Å². The molecule has 0 saturated carbocycles. The Morgan fingerprint density at radius 3 is 2.00 bits per heavy atom. The fourth-order valence-corrected chi connectivity index (χ4v) is 4.17. The maximum absolute atomic E-state index is 13.2. The van der Waals surface area contributed by atoms with Crippen molar-refractivity contribution in [2.24, 2.45) is 0 Å². The maximum Gasteiger partial charge on any atom is 0.252 e. The van der Waals surface area contributed by atoms with Gasteiger partial charge in [-0.05, 0) is 53.1 Å². The molecule has 0 aliphatic carbocycles. The Balaban J connectivity index is 1.68. The first-order chi connectivity index (χ1) is 15.0. The van der Waals surface area contributed by atoms with E-state index in [1.54, 1.807) is 24.1 Å². The first kappa shape index (κ1) is 21.4. The van der Waals surface area contributed by atoms with Crippen LogP contribution in [0.25, 0.3) is 0 Å². The van der Waals surface area contributed by atoms with Gasteiger partial charge in [-0.3, -0.25) is 4.79 Å². The van der Waals surface area contributed by atoms with Gasteiger partial charge in [-0.15, -0.1) is 0 Å². The first-order valence-corrected chi connectivity index (χ1v) is 10.6.